The van der Waals surface area contributed by atoms with Crippen LogP contribution in [0.4, 0.5) is 32.0 Å². The van der Waals surface area contributed by atoms with Gasteiger partial charge < -0.3 is 5.73 Å². The molecule has 0 aliphatic rings. The molecule has 19 heavy (non-hydrogen) atoms. The Hall–Kier alpha value is -0.150. The van der Waals surface area contributed by atoms with Gasteiger partial charge in [0.1, 0.15) is 0 Å². The van der Waals surface area contributed by atoms with E-state index in [1.807, 2.05) is 0 Å². The molecule has 2 N–H and O–H groups in total. The van der Waals surface area contributed by atoms with Gasteiger partial charge in [0.05, 0.1) is 10.7 Å². The molecule has 1 atom stereocenters. The molecule has 0 spiro atoms. The zero-order chi connectivity index (χ0) is 15.2. The molecule has 0 amide bonds. The van der Waals surface area contributed by atoms with Crippen molar-refractivity contribution in [3.63, 3.8) is 0 Å². The summed E-state index contributed by atoms with van der Waals surface area (Å²) in [6, 6.07) is 0.911. The highest BCUT2D eigenvalue weighted by molar-refractivity contribution is 9.10. The Morgan fingerprint density at radius 1 is 1.05 bits per heavy atom. The third-order valence-electron chi connectivity index (χ3n) is 2.26. The Balaban J connectivity index is 3.62. The Labute approximate surface area is 125 Å². The van der Waals surface area contributed by atoms with E-state index in [0.717, 1.165) is 0 Å². The number of nitrogens with two attached hydrogens (primary N) is 1. The minimum Gasteiger partial charge on any atom is -0.397 e. The molecule has 0 saturated heterocycles. The van der Waals surface area contributed by atoms with E-state index in [4.69, 9.17) is 17.3 Å². The van der Waals surface area contributed by atoms with Crippen LogP contribution in [0.5, 0.6) is 0 Å². The quantitative estimate of drug-likeness (QED) is 0.376. The molecule has 1 unspecified atom stereocenters. The average Bonchev–Trinajstić information content (AvgIpc) is 2.20. The lowest BCUT2D eigenvalue weighted by Crippen LogP contribution is -2.49. The molecule has 0 fully saturated rings. The molecule has 0 aliphatic carbocycles. The van der Waals surface area contributed by atoms with Crippen LogP contribution in [0.25, 0.3) is 0 Å². The molecular weight excluding hydrogens is 431 g/mol. The highest BCUT2D eigenvalue weighted by Crippen LogP contribution is 2.56. The minimum atomic E-state index is -5.86. The summed E-state index contributed by atoms with van der Waals surface area (Å²) in [6.07, 6.45) is -5.86. The molecule has 10 heteroatoms. The van der Waals surface area contributed by atoms with Crippen molar-refractivity contribution < 1.29 is 26.3 Å². The van der Waals surface area contributed by atoms with Gasteiger partial charge in [-0.2, -0.15) is 22.0 Å². The van der Waals surface area contributed by atoms with Gasteiger partial charge in [-0.1, -0.05) is 11.6 Å². The zero-order valence-corrected chi connectivity index (χ0v) is 12.6. The minimum absolute atomic E-state index is 0.187. The molecule has 1 rings (SSSR count). The Bertz CT molecular complexity index is 461. The second kappa shape index (κ2) is 5.00. The number of alkyl halides is 7. The van der Waals surface area contributed by atoms with Crippen molar-refractivity contribution in [2.45, 2.75) is 16.7 Å². The molecular formula is C9H4Br2ClF6N. The number of benzene rings is 1. The van der Waals surface area contributed by atoms with Gasteiger partial charge in [-0.15, -0.1) is 0 Å². The summed E-state index contributed by atoms with van der Waals surface area (Å²) in [7, 11) is 0. The molecule has 0 saturated carbocycles. The van der Waals surface area contributed by atoms with Gasteiger partial charge in [-0.05, 0) is 44.0 Å². The first-order valence-corrected chi connectivity index (χ1v) is 6.36. The third kappa shape index (κ3) is 2.82. The predicted molar refractivity (Wildman–Crippen MR) is 66.3 cm³/mol. The Morgan fingerprint density at radius 3 is 1.84 bits per heavy atom. The van der Waals surface area contributed by atoms with Crippen LogP contribution in [0.15, 0.2) is 16.6 Å². The Morgan fingerprint density at radius 2 is 1.53 bits per heavy atom. The van der Waals surface area contributed by atoms with Gasteiger partial charge >= 0.3 is 16.7 Å². The van der Waals surface area contributed by atoms with Crippen LogP contribution in [-0.2, 0) is 5.67 Å². The number of hydrogen-bond acceptors (Lipinski definition) is 1. The van der Waals surface area contributed by atoms with E-state index in [9.17, 15) is 26.3 Å². The summed E-state index contributed by atoms with van der Waals surface area (Å²) in [6.45, 7) is 0. The fourth-order valence-corrected chi connectivity index (χ4v) is 2.52. The van der Waals surface area contributed by atoms with Gasteiger partial charge in [0, 0.05) is 10.0 Å². The first-order valence-electron chi connectivity index (χ1n) is 4.39. The highest BCUT2D eigenvalue weighted by Gasteiger charge is 2.71. The molecule has 0 bridgehead atoms. The molecule has 0 heterocycles. The summed E-state index contributed by atoms with van der Waals surface area (Å²) >= 11 is 9.62. The number of hydrogen-bond donors (Lipinski definition) is 1. The normalized spacial score (nSPS) is 16.3. The first-order chi connectivity index (χ1) is 8.32. The lowest BCUT2D eigenvalue weighted by Gasteiger charge is -2.32. The van der Waals surface area contributed by atoms with Crippen molar-refractivity contribution in [1.82, 2.24) is 0 Å². The first kappa shape index (κ1) is 16.9. The number of anilines is 1. The molecule has 1 aromatic carbocycles. The van der Waals surface area contributed by atoms with Crippen molar-refractivity contribution in [3.05, 3.63) is 27.2 Å². The van der Waals surface area contributed by atoms with Gasteiger partial charge in [-0.3, -0.25) is 0 Å². The van der Waals surface area contributed by atoms with E-state index in [1.165, 1.54) is 15.9 Å². The average molecular weight is 435 g/mol. The van der Waals surface area contributed by atoms with Crippen LogP contribution < -0.4 is 5.73 Å². The van der Waals surface area contributed by atoms with Gasteiger partial charge in [0.25, 0.3) is 0 Å². The van der Waals surface area contributed by atoms with Crippen molar-refractivity contribution >= 4 is 49.1 Å². The topological polar surface area (TPSA) is 26.0 Å². The van der Waals surface area contributed by atoms with E-state index < -0.39 is 27.3 Å². The standard InChI is InChI=1S/C9H4Br2ClF6N/c10-4-1-3(2-5(12)6(4)19)7(13,8(11,14)15)9(16,17)18/h1-2H,19H2. The molecule has 108 valence electrons. The number of rotatable bonds is 2. The summed E-state index contributed by atoms with van der Waals surface area (Å²) in [5.74, 6) is 0. The van der Waals surface area contributed by atoms with E-state index in [0.29, 0.717) is 12.1 Å². The fourth-order valence-electron chi connectivity index (χ4n) is 1.27. The monoisotopic (exact) mass is 433 g/mol. The van der Waals surface area contributed by atoms with Crippen molar-refractivity contribution in [1.29, 1.82) is 0 Å². The van der Waals surface area contributed by atoms with E-state index >= 15 is 0 Å². The summed E-state index contributed by atoms with van der Waals surface area (Å²) < 4.78 is 77.9. The lowest BCUT2D eigenvalue weighted by molar-refractivity contribution is -0.282. The second-order valence-corrected chi connectivity index (χ2v) is 5.77. The van der Waals surface area contributed by atoms with Gasteiger partial charge in [-0.25, -0.2) is 4.39 Å². The summed E-state index contributed by atoms with van der Waals surface area (Å²) in [5.41, 5.74) is -1.17. The third-order valence-corrected chi connectivity index (χ3v) is 3.77. The van der Waals surface area contributed by atoms with E-state index in [1.54, 1.807) is 0 Å². The molecule has 1 nitrogen and oxygen atoms in total. The molecule has 0 aromatic heterocycles. The smallest absolute Gasteiger partial charge is 0.397 e. The van der Waals surface area contributed by atoms with Crippen LogP contribution in [0, 0.1) is 0 Å². The van der Waals surface area contributed by atoms with Crippen LogP contribution in [0.2, 0.25) is 5.02 Å². The summed E-state index contributed by atoms with van der Waals surface area (Å²) in [5, 5.41) is -0.479. The predicted octanol–water partition coefficient (Wildman–Crippen LogP) is 5.40. The largest absolute Gasteiger partial charge is 0.433 e. The zero-order valence-electron chi connectivity index (χ0n) is 8.63. The lowest BCUT2D eigenvalue weighted by atomic mass is 9.95. The van der Waals surface area contributed by atoms with Crippen LogP contribution in [-0.4, -0.2) is 11.0 Å². The van der Waals surface area contributed by atoms with Gasteiger partial charge in [0.2, 0.25) is 0 Å². The fraction of sp³-hybridized carbons (Fsp3) is 0.333. The van der Waals surface area contributed by atoms with E-state index in [-0.39, 0.29) is 10.2 Å². The molecule has 0 aliphatic heterocycles. The van der Waals surface area contributed by atoms with Crippen molar-refractivity contribution in [2.24, 2.45) is 0 Å². The van der Waals surface area contributed by atoms with Crippen LogP contribution in [0.3, 0.4) is 0 Å². The molecule has 0 radical (unpaired) electrons. The maximum Gasteiger partial charge on any atom is 0.433 e. The van der Waals surface area contributed by atoms with E-state index in [2.05, 4.69) is 15.9 Å². The summed E-state index contributed by atoms with van der Waals surface area (Å²) in [4.78, 5) is -4.88. The molecule has 1 aromatic rings. The number of halogens is 9. The maximum absolute atomic E-state index is 14.0. The highest BCUT2D eigenvalue weighted by atomic mass is 79.9. The SMILES string of the molecule is Nc1c(Cl)cc(C(F)(C(F)(F)F)C(F)(F)Br)cc1Br. The van der Waals surface area contributed by atoms with Crippen LogP contribution in [0.1, 0.15) is 5.56 Å². The van der Waals surface area contributed by atoms with Crippen LogP contribution >= 0.6 is 43.5 Å². The number of nitrogen functional groups attached to an aromatic ring is 1. The van der Waals surface area contributed by atoms with Crippen molar-refractivity contribution in [3.8, 4) is 0 Å². The van der Waals surface area contributed by atoms with Gasteiger partial charge in [0.15, 0.2) is 0 Å². The second-order valence-electron chi connectivity index (χ2n) is 3.51. The Kier molecular flexibility index (Phi) is 4.44. The van der Waals surface area contributed by atoms with Crippen molar-refractivity contribution in [2.75, 3.05) is 5.73 Å². The maximum atomic E-state index is 14.0.